The predicted octanol–water partition coefficient (Wildman–Crippen LogP) is 1.36. The summed E-state index contributed by atoms with van der Waals surface area (Å²) in [6, 6.07) is 1.92. The normalized spacial score (nSPS) is 15.8. The fraction of sp³-hybridized carbons (Fsp3) is 0.583. The highest BCUT2D eigenvalue weighted by molar-refractivity contribution is 5.30. The summed E-state index contributed by atoms with van der Waals surface area (Å²) in [6.45, 7) is 5.37. The van der Waals surface area contributed by atoms with Gasteiger partial charge in [0.05, 0.1) is 13.2 Å². The van der Waals surface area contributed by atoms with E-state index in [9.17, 15) is 0 Å². The molecule has 1 saturated heterocycles. The van der Waals surface area contributed by atoms with E-state index in [0.29, 0.717) is 13.2 Å². The molecular formula is C12H18N2O2. The third-order valence-corrected chi connectivity index (χ3v) is 2.50. The lowest BCUT2D eigenvalue weighted by molar-refractivity contribution is -0.0800. The average molecular weight is 222 g/mol. The maximum atomic E-state index is 5.81. The van der Waals surface area contributed by atoms with Crippen LogP contribution in [0.15, 0.2) is 18.5 Å². The van der Waals surface area contributed by atoms with Gasteiger partial charge in [0.1, 0.15) is 11.9 Å². The van der Waals surface area contributed by atoms with Gasteiger partial charge in [-0.15, -0.1) is 0 Å². The van der Waals surface area contributed by atoms with Gasteiger partial charge in [-0.25, -0.2) is 0 Å². The summed E-state index contributed by atoms with van der Waals surface area (Å²) < 4.78 is 10.9. The van der Waals surface area contributed by atoms with E-state index in [1.165, 1.54) is 0 Å². The molecular weight excluding hydrogens is 204 g/mol. The number of rotatable bonds is 6. The molecule has 0 unspecified atom stereocenters. The summed E-state index contributed by atoms with van der Waals surface area (Å²) in [5, 5.41) is 3.35. The molecule has 0 amide bonds. The molecule has 0 saturated carbocycles. The van der Waals surface area contributed by atoms with Crippen molar-refractivity contribution in [3.8, 4) is 5.75 Å². The van der Waals surface area contributed by atoms with Gasteiger partial charge in [0.15, 0.2) is 0 Å². The topological polar surface area (TPSA) is 43.4 Å². The number of nitrogens with zero attached hydrogens (tertiary/aromatic N) is 1. The van der Waals surface area contributed by atoms with Crippen LogP contribution in [0.4, 0.5) is 0 Å². The molecule has 1 aliphatic rings. The van der Waals surface area contributed by atoms with E-state index in [1.54, 1.807) is 6.20 Å². The van der Waals surface area contributed by atoms with Crippen LogP contribution in [-0.2, 0) is 11.3 Å². The number of pyridine rings is 1. The number of ether oxygens (including phenoxy) is 2. The van der Waals surface area contributed by atoms with Crippen LogP contribution < -0.4 is 10.1 Å². The Bertz CT molecular complexity index is 327. The van der Waals surface area contributed by atoms with Gasteiger partial charge in [0.2, 0.25) is 0 Å². The zero-order chi connectivity index (χ0) is 11.2. The zero-order valence-electron chi connectivity index (χ0n) is 9.61. The summed E-state index contributed by atoms with van der Waals surface area (Å²) in [5.41, 5.74) is 1.11. The summed E-state index contributed by atoms with van der Waals surface area (Å²) in [5.74, 6) is 0.923. The molecule has 4 nitrogen and oxygen atoms in total. The maximum absolute atomic E-state index is 5.81. The van der Waals surface area contributed by atoms with Gasteiger partial charge in [0.25, 0.3) is 0 Å². The second kappa shape index (κ2) is 5.82. The van der Waals surface area contributed by atoms with Crippen LogP contribution in [-0.4, -0.2) is 30.8 Å². The maximum Gasteiger partial charge on any atom is 0.145 e. The Kier molecular flexibility index (Phi) is 4.13. The second-order valence-electron chi connectivity index (χ2n) is 3.94. The minimum absolute atomic E-state index is 0.215. The average Bonchev–Trinajstić information content (AvgIpc) is 2.25. The quantitative estimate of drug-likeness (QED) is 0.738. The van der Waals surface area contributed by atoms with Gasteiger partial charge in [-0.3, -0.25) is 4.98 Å². The van der Waals surface area contributed by atoms with Gasteiger partial charge >= 0.3 is 0 Å². The molecule has 1 aromatic heterocycles. The van der Waals surface area contributed by atoms with Crippen LogP contribution in [0, 0.1) is 0 Å². The third-order valence-electron chi connectivity index (χ3n) is 2.50. The molecule has 0 aromatic carbocycles. The van der Waals surface area contributed by atoms with Gasteiger partial charge in [-0.05, 0) is 19.0 Å². The molecule has 1 aliphatic heterocycles. The highest BCUT2D eigenvalue weighted by Gasteiger charge is 2.21. The van der Waals surface area contributed by atoms with E-state index in [-0.39, 0.29) is 6.10 Å². The molecule has 2 heterocycles. The van der Waals surface area contributed by atoms with Crippen molar-refractivity contribution in [3.05, 3.63) is 24.0 Å². The fourth-order valence-electron chi connectivity index (χ4n) is 1.52. The van der Waals surface area contributed by atoms with Crippen molar-refractivity contribution < 1.29 is 9.47 Å². The molecule has 0 atom stereocenters. The smallest absolute Gasteiger partial charge is 0.145 e. The molecule has 16 heavy (non-hydrogen) atoms. The van der Waals surface area contributed by atoms with E-state index in [1.807, 2.05) is 12.3 Å². The van der Waals surface area contributed by atoms with Crippen molar-refractivity contribution in [3.63, 3.8) is 0 Å². The Balaban J connectivity index is 1.92. The van der Waals surface area contributed by atoms with Crippen molar-refractivity contribution >= 4 is 0 Å². The lowest BCUT2D eigenvalue weighted by Gasteiger charge is -2.27. The lowest BCUT2D eigenvalue weighted by atomic mass is 10.2. The van der Waals surface area contributed by atoms with Gasteiger partial charge in [-0.2, -0.15) is 0 Å². The van der Waals surface area contributed by atoms with E-state index < -0.39 is 0 Å². The fourth-order valence-corrected chi connectivity index (χ4v) is 1.52. The number of aromatic nitrogens is 1. The molecule has 0 radical (unpaired) electrons. The highest BCUT2D eigenvalue weighted by atomic mass is 16.6. The first-order valence-corrected chi connectivity index (χ1v) is 5.78. The number of hydrogen-bond donors (Lipinski definition) is 1. The first-order valence-electron chi connectivity index (χ1n) is 5.78. The molecule has 2 rings (SSSR count). The van der Waals surface area contributed by atoms with Crippen molar-refractivity contribution in [2.24, 2.45) is 0 Å². The molecule has 88 valence electrons. The van der Waals surface area contributed by atoms with E-state index >= 15 is 0 Å². The minimum Gasteiger partial charge on any atom is -0.485 e. The van der Waals surface area contributed by atoms with E-state index in [4.69, 9.17) is 9.47 Å². The van der Waals surface area contributed by atoms with Crippen LogP contribution in [0.2, 0.25) is 0 Å². The van der Waals surface area contributed by atoms with Crippen molar-refractivity contribution in [2.45, 2.75) is 26.0 Å². The molecule has 4 heteroatoms. The Morgan fingerprint density at radius 1 is 1.56 bits per heavy atom. The Hall–Kier alpha value is -1.13. The first kappa shape index (κ1) is 11.4. The largest absolute Gasteiger partial charge is 0.485 e. The van der Waals surface area contributed by atoms with Gasteiger partial charge in [-0.1, -0.05) is 6.92 Å². The molecule has 1 N–H and O–H groups in total. The first-order chi connectivity index (χ1) is 7.90. The van der Waals surface area contributed by atoms with E-state index in [2.05, 4.69) is 17.2 Å². The summed E-state index contributed by atoms with van der Waals surface area (Å²) >= 11 is 0. The van der Waals surface area contributed by atoms with Crippen molar-refractivity contribution in [2.75, 3.05) is 19.8 Å². The SMILES string of the molecule is CCCNCc1cnccc1OC1COC1. The van der Waals surface area contributed by atoms with Crippen LogP contribution >= 0.6 is 0 Å². The minimum atomic E-state index is 0.215. The molecule has 1 aromatic rings. The summed E-state index contributed by atoms with van der Waals surface area (Å²) in [6.07, 6.45) is 4.97. The van der Waals surface area contributed by atoms with Crippen LogP contribution in [0.3, 0.4) is 0 Å². The highest BCUT2D eigenvalue weighted by Crippen LogP contribution is 2.20. The van der Waals surface area contributed by atoms with E-state index in [0.717, 1.165) is 30.8 Å². The predicted molar refractivity (Wildman–Crippen MR) is 61.5 cm³/mol. The molecule has 0 spiro atoms. The van der Waals surface area contributed by atoms with Crippen molar-refractivity contribution in [1.82, 2.24) is 10.3 Å². The molecule has 0 bridgehead atoms. The van der Waals surface area contributed by atoms with Gasteiger partial charge in [0, 0.05) is 24.5 Å². The number of nitrogens with one attached hydrogen (secondary N) is 1. The lowest BCUT2D eigenvalue weighted by Crippen LogP contribution is -2.38. The second-order valence-corrected chi connectivity index (χ2v) is 3.94. The Morgan fingerprint density at radius 3 is 3.12 bits per heavy atom. The van der Waals surface area contributed by atoms with Crippen molar-refractivity contribution in [1.29, 1.82) is 0 Å². The molecule has 0 aliphatic carbocycles. The summed E-state index contributed by atoms with van der Waals surface area (Å²) in [7, 11) is 0. The third kappa shape index (κ3) is 2.93. The van der Waals surface area contributed by atoms with Crippen LogP contribution in [0.25, 0.3) is 0 Å². The van der Waals surface area contributed by atoms with Gasteiger partial charge < -0.3 is 14.8 Å². The van der Waals surface area contributed by atoms with Crippen LogP contribution in [0.5, 0.6) is 5.75 Å². The molecule has 1 fully saturated rings. The monoisotopic (exact) mass is 222 g/mol. The van der Waals surface area contributed by atoms with Crippen LogP contribution in [0.1, 0.15) is 18.9 Å². The Morgan fingerprint density at radius 2 is 2.44 bits per heavy atom. The number of hydrogen-bond acceptors (Lipinski definition) is 4. The standard InChI is InChI=1S/C12H18N2O2/c1-2-4-13-6-10-7-14-5-3-12(10)16-11-8-15-9-11/h3,5,7,11,13H,2,4,6,8-9H2,1H3. The summed E-state index contributed by atoms with van der Waals surface area (Å²) in [4.78, 5) is 4.12. The Labute approximate surface area is 96.0 Å². The zero-order valence-corrected chi connectivity index (χ0v) is 9.61.